The van der Waals surface area contributed by atoms with Crippen molar-refractivity contribution in [2.24, 2.45) is 10.8 Å². The lowest BCUT2D eigenvalue weighted by atomic mass is 9.81. The van der Waals surface area contributed by atoms with E-state index in [1.54, 1.807) is 0 Å². The van der Waals surface area contributed by atoms with E-state index in [0.29, 0.717) is 0 Å². The van der Waals surface area contributed by atoms with Gasteiger partial charge in [-0.05, 0) is 23.7 Å². The van der Waals surface area contributed by atoms with Gasteiger partial charge in [-0.25, -0.2) is 9.59 Å². The van der Waals surface area contributed by atoms with E-state index < -0.39 is 11.9 Å². The predicted molar refractivity (Wildman–Crippen MR) is 70.4 cm³/mol. The van der Waals surface area contributed by atoms with Gasteiger partial charge in [-0.1, -0.05) is 41.5 Å². The first-order chi connectivity index (χ1) is 7.83. The van der Waals surface area contributed by atoms with Gasteiger partial charge >= 0.3 is 11.9 Å². The van der Waals surface area contributed by atoms with Crippen molar-refractivity contribution in [1.82, 2.24) is 0 Å². The molecule has 0 heterocycles. The molecule has 0 bridgehead atoms. The maximum Gasteiger partial charge on any atom is 0.332 e. The number of carbonyl (C=O) groups is 2. The average Bonchev–Trinajstić information content (AvgIpc) is 2.06. The van der Waals surface area contributed by atoms with Crippen LogP contribution < -0.4 is 0 Å². The maximum atomic E-state index is 11.3. The SMILES string of the molecule is CC(C)(C)C/C(C(=O)O)=C(/CC(C)(C)C)C(=O)O. The smallest absolute Gasteiger partial charge is 0.332 e. The molecule has 0 aromatic heterocycles. The largest absolute Gasteiger partial charge is 0.478 e. The predicted octanol–water partition coefficient (Wildman–Crippen LogP) is 3.32. The first-order valence-corrected chi connectivity index (χ1v) is 6.02. The first kappa shape index (κ1) is 16.7. The van der Waals surface area contributed by atoms with E-state index in [2.05, 4.69) is 0 Å². The molecule has 0 aromatic carbocycles. The van der Waals surface area contributed by atoms with Crippen LogP contribution in [0.4, 0.5) is 0 Å². The van der Waals surface area contributed by atoms with Gasteiger partial charge in [-0.15, -0.1) is 0 Å². The third-order valence-electron chi connectivity index (χ3n) is 2.29. The van der Waals surface area contributed by atoms with Gasteiger partial charge in [0.15, 0.2) is 0 Å². The molecule has 0 atom stereocenters. The number of rotatable bonds is 4. The summed E-state index contributed by atoms with van der Waals surface area (Å²) in [4.78, 5) is 22.6. The number of hydrogen-bond acceptors (Lipinski definition) is 2. The second-order valence-corrected chi connectivity index (χ2v) is 7.04. The second-order valence-electron chi connectivity index (χ2n) is 7.04. The lowest BCUT2D eigenvalue weighted by Gasteiger charge is -2.23. The van der Waals surface area contributed by atoms with Gasteiger partial charge in [-0.3, -0.25) is 0 Å². The Bertz CT molecular complexity index is 328. The van der Waals surface area contributed by atoms with E-state index in [4.69, 9.17) is 0 Å². The van der Waals surface area contributed by atoms with Crippen LogP contribution in [0.1, 0.15) is 54.4 Å². The summed E-state index contributed by atoms with van der Waals surface area (Å²) < 4.78 is 0. The van der Waals surface area contributed by atoms with E-state index in [1.165, 1.54) is 0 Å². The summed E-state index contributed by atoms with van der Waals surface area (Å²) in [5.74, 6) is -2.27. The van der Waals surface area contributed by atoms with Gasteiger partial charge in [0.25, 0.3) is 0 Å². The van der Waals surface area contributed by atoms with Crippen molar-refractivity contribution in [1.29, 1.82) is 0 Å². The number of aliphatic carboxylic acids is 2. The summed E-state index contributed by atoms with van der Waals surface area (Å²) in [6.07, 6.45) is 0.500. The molecule has 0 fully saturated rings. The Hall–Kier alpha value is -1.32. The van der Waals surface area contributed by atoms with Gasteiger partial charge < -0.3 is 10.2 Å². The zero-order valence-corrected chi connectivity index (χ0v) is 12.1. The second kappa shape index (κ2) is 5.55. The molecule has 0 aliphatic carbocycles. The molecule has 0 saturated carbocycles. The molecule has 104 valence electrons. The van der Waals surface area contributed by atoms with Crippen molar-refractivity contribution in [3.63, 3.8) is 0 Å². The van der Waals surface area contributed by atoms with E-state index in [0.717, 1.165) is 0 Å². The highest BCUT2D eigenvalue weighted by atomic mass is 16.4. The van der Waals surface area contributed by atoms with Gasteiger partial charge in [-0.2, -0.15) is 0 Å². The van der Waals surface area contributed by atoms with E-state index in [1.807, 2.05) is 41.5 Å². The van der Waals surface area contributed by atoms with Gasteiger partial charge in [0, 0.05) is 11.1 Å². The lowest BCUT2D eigenvalue weighted by Crippen LogP contribution is -2.20. The molecule has 18 heavy (non-hydrogen) atoms. The van der Waals surface area contributed by atoms with Crippen LogP contribution in [-0.2, 0) is 9.59 Å². The fourth-order valence-corrected chi connectivity index (χ4v) is 1.68. The molecule has 0 aliphatic rings. The fraction of sp³-hybridized carbons (Fsp3) is 0.714. The van der Waals surface area contributed by atoms with E-state index >= 15 is 0 Å². The molecule has 4 nitrogen and oxygen atoms in total. The van der Waals surface area contributed by atoms with Crippen molar-refractivity contribution in [3.05, 3.63) is 11.1 Å². The minimum Gasteiger partial charge on any atom is -0.478 e. The minimum atomic E-state index is -1.13. The maximum absolute atomic E-state index is 11.3. The number of hydrogen-bond donors (Lipinski definition) is 2. The lowest BCUT2D eigenvalue weighted by molar-refractivity contribution is -0.136. The Labute approximate surface area is 109 Å². The van der Waals surface area contributed by atoms with E-state index in [9.17, 15) is 19.8 Å². The van der Waals surface area contributed by atoms with Crippen LogP contribution in [0.3, 0.4) is 0 Å². The van der Waals surface area contributed by atoms with Crippen molar-refractivity contribution in [2.75, 3.05) is 0 Å². The normalized spacial score (nSPS) is 14.1. The molecule has 0 aliphatic heterocycles. The number of carboxylic acid groups (broad SMARTS) is 2. The van der Waals surface area contributed by atoms with Gasteiger partial charge in [0.1, 0.15) is 0 Å². The molecule has 4 heteroatoms. The summed E-state index contributed by atoms with van der Waals surface area (Å²) >= 11 is 0. The molecular formula is C14H24O4. The summed E-state index contributed by atoms with van der Waals surface area (Å²) in [7, 11) is 0. The molecule has 0 spiro atoms. The number of carboxylic acids is 2. The zero-order chi connectivity index (χ0) is 14.7. The molecule has 0 unspecified atom stereocenters. The third kappa shape index (κ3) is 6.42. The molecule has 0 aromatic rings. The molecule has 0 saturated heterocycles. The Morgan fingerprint density at radius 3 is 1.06 bits per heavy atom. The Morgan fingerprint density at radius 1 is 0.722 bits per heavy atom. The highest BCUT2D eigenvalue weighted by Gasteiger charge is 2.27. The van der Waals surface area contributed by atoms with Gasteiger partial charge in [0.05, 0.1) is 0 Å². The minimum absolute atomic E-state index is 0.0184. The Morgan fingerprint density at radius 2 is 0.944 bits per heavy atom. The van der Waals surface area contributed by atoms with Crippen molar-refractivity contribution >= 4 is 11.9 Å². The van der Waals surface area contributed by atoms with E-state index in [-0.39, 0.29) is 34.8 Å². The molecule has 0 amide bonds. The highest BCUT2D eigenvalue weighted by molar-refractivity contribution is 5.98. The Balaban J connectivity index is 5.60. The summed E-state index contributed by atoms with van der Waals surface area (Å²) in [6.45, 7) is 11.4. The van der Waals surface area contributed by atoms with Crippen LogP contribution >= 0.6 is 0 Å². The summed E-state index contributed by atoms with van der Waals surface area (Å²) in [6, 6.07) is 0. The van der Waals surface area contributed by atoms with Crippen LogP contribution in [0.15, 0.2) is 11.1 Å². The molecule has 2 N–H and O–H groups in total. The summed E-state index contributed by atoms with van der Waals surface area (Å²) in [5, 5.41) is 18.5. The Kier molecular flexibility index (Phi) is 5.14. The third-order valence-corrected chi connectivity index (χ3v) is 2.29. The van der Waals surface area contributed by atoms with Crippen LogP contribution in [0.25, 0.3) is 0 Å². The van der Waals surface area contributed by atoms with Crippen molar-refractivity contribution in [3.8, 4) is 0 Å². The highest BCUT2D eigenvalue weighted by Crippen LogP contribution is 2.31. The zero-order valence-electron chi connectivity index (χ0n) is 12.1. The van der Waals surface area contributed by atoms with Crippen LogP contribution in [-0.4, -0.2) is 22.2 Å². The molecule has 0 radical (unpaired) electrons. The van der Waals surface area contributed by atoms with Crippen LogP contribution in [0, 0.1) is 10.8 Å². The summed E-state index contributed by atoms with van der Waals surface area (Å²) in [5.41, 5.74) is -0.478. The monoisotopic (exact) mass is 256 g/mol. The van der Waals surface area contributed by atoms with Gasteiger partial charge in [0.2, 0.25) is 0 Å². The topological polar surface area (TPSA) is 74.6 Å². The fourth-order valence-electron chi connectivity index (χ4n) is 1.68. The average molecular weight is 256 g/mol. The van der Waals surface area contributed by atoms with Crippen LogP contribution in [0.5, 0.6) is 0 Å². The molecule has 0 rings (SSSR count). The standard InChI is InChI=1S/C14H24O4/c1-13(2,3)7-9(11(15)16)10(12(17)18)8-14(4,5)6/h7-8H2,1-6H3,(H,15,16)(H,17,18)/b10-9+. The quantitative estimate of drug-likeness (QED) is 0.756. The first-order valence-electron chi connectivity index (χ1n) is 6.02. The van der Waals surface area contributed by atoms with Crippen LogP contribution in [0.2, 0.25) is 0 Å². The molecular weight excluding hydrogens is 232 g/mol. The van der Waals surface area contributed by atoms with Crippen molar-refractivity contribution in [2.45, 2.75) is 54.4 Å². The van der Waals surface area contributed by atoms with Crippen molar-refractivity contribution < 1.29 is 19.8 Å².